The number of halogens is 1. The van der Waals surface area contributed by atoms with Crippen molar-refractivity contribution < 1.29 is 9.18 Å². The van der Waals surface area contributed by atoms with Gasteiger partial charge in [0.25, 0.3) is 0 Å². The SMILES string of the molecule is CN(C)c1ccc(F)cc1NC(=O)Cc1ccccc1. The first-order valence-corrected chi connectivity index (χ1v) is 6.37. The number of amides is 1. The van der Waals surface area contributed by atoms with E-state index in [1.165, 1.54) is 12.1 Å². The van der Waals surface area contributed by atoms with Crippen molar-refractivity contribution in [2.24, 2.45) is 0 Å². The summed E-state index contributed by atoms with van der Waals surface area (Å²) in [6.07, 6.45) is 0.268. The van der Waals surface area contributed by atoms with E-state index in [2.05, 4.69) is 5.32 Å². The van der Waals surface area contributed by atoms with Gasteiger partial charge in [0, 0.05) is 14.1 Å². The van der Waals surface area contributed by atoms with Gasteiger partial charge in [-0.05, 0) is 23.8 Å². The Kier molecular flexibility index (Phi) is 4.35. The third kappa shape index (κ3) is 3.57. The Morgan fingerprint density at radius 1 is 1.15 bits per heavy atom. The van der Waals surface area contributed by atoms with Crippen molar-refractivity contribution in [3.8, 4) is 0 Å². The van der Waals surface area contributed by atoms with Gasteiger partial charge in [-0.1, -0.05) is 30.3 Å². The summed E-state index contributed by atoms with van der Waals surface area (Å²) >= 11 is 0. The number of nitrogens with zero attached hydrogens (tertiary/aromatic N) is 1. The number of hydrogen-bond donors (Lipinski definition) is 1. The van der Waals surface area contributed by atoms with Crippen molar-refractivity contribution in [2.75, 3.05) is 24.3 Å². The van der Waals surface area contributed by atoms with Gasteiger partial charge >= 0.3 is 0 Å². The predicted molar refractivity (Wildman–Crippen MR) is 79.5 cm³/mol. The van der Waals surface area contributed by atoms with Crippen LogP contribution in [-0.2, 0) is 11.2 Å². The molecule has 0 saturated carbocycles. The molecule has 2 rings (SSSR count). The number of anilines is 2. The number of rotatable bonds is 4. The zero-order valence-corrected chi connectivity index (χ0v) is 11.6. The smallest absolute Gasteiger partial charge is 0.228 e. The van der Waals surface area contributed by atoms with Gasteiger partial charge in [0.2, 0.25) is 5.91 Å². The highest BCUT2D eigenvalue weighted by molar-refractivity contribution is 5.95. The van der Waals surface area contributed by atoms with E-state index in [1.54, 1.807) is 6.07 Å². The molecule has 0 unspecified atom stereocenters. The molecule has 0 heterocycles. The van der Waals surface area contributed by atoms with Gasteiger partial charge in [-0.2, -0.15) is 0 Å². The van der Waals surface area contributed by atoms with E-state index in [1.807, 2.05) is 49.3 Å². The van der Waals surface area contributed by atoms with Crippen molar-refractivity contribution >= 4 is 17.3 Å². The van der Waals surface area contributed by atoms with Gasteiger partial charge in [-0.15, -0.1) is 0 Å². The summed E-state index contributed by atoms with van der Waals surface area (Å²) in [5.41, 5.74) is 2.18. The molecule has 0 spiro atoms. The van der Waals surface area contributed by atoms with Gasteiger partial charge in [0.05, 0.1) is 17.8 Å². The van der Waals surface area contributed by atoms with Crippen LogP contribution in [0.5, 0.6) is 0 Å². The molecule has 1 amide bonds. The standard InChI is InChI=1S/C16H17FN2O/c1-19(2)15-9-8-13(17)11-14(15)18-16(20)10-12-6-4-3-5-7-12/h3-9,11H,10H2,1-2H3,(H,18,20). The summed E-state index contributed by atoms with van der Waals surface area (Å²) in [5.74, 6) is -0.532. The van der Waals surface area contributed by atoms with Crippen LogP contribution < -0.4 is 10.2 Å². The maximum absolute atomic E-state index is 13.3. The zero-order chi connectivity index (χ0) is 14.5. The van der Waals surface area contributed by atoms with Gasteiger partial charge in [0.1, 0.15) is 5.82 Å². The maximum Gasteiger partial charge on any atom is 0.228 e. The van der Waals surface area contributed by atoms with Crippen LogP contribution in [-0.4, -0.2) is 20.0 Å². The van der Waals surface area contributed by atoms with Crippen LogP contribution in [0.3, 0.4) is 0 Å². The number of carbonyl (C=O) groups excluding carboxylic acids is 1. The van der Waals surface area contributed by atoms with Crippen LogP contribution in [0, 0.1) is 5.82 Å². The molecule has 0 aliphatic carbocycles. The molecule has 3 nitrogen and oxygen atoms in total. The zero-order valence-electron chi connectivity index (χ0n) is 11.6. The highest BCUT2D eigenvalue weighted by atomic mass is 19.1. The Labute approximate surface area is 118 Å². The highest BCUT2D eigenvalue weighted by Gasteiger charge is 2.10. The van der Waals surface area contributed by atoms with Crippen LogP contribution in [0.1, 0.15) is 5.56 Å². The lowest BCUT2D eigenvalue weighted by atomic mass is 10.1. The predicted octanol–water partition coefficient (Wildman–Crippen LogP) is 3.07. The lowest BCUT2D eigenvalue weighted by Gasteiger charge is -2.18. The fourth-order valence-corrected chi connectivity index (χ4v) is 1.97. The minimum atomic E-state index is -0.370. The third-order valence-corrected chi connectivity index (χ3v) is 2.92. The molecule has 20 heavy (non-hydrogen) atoms. The highest BCUT2D eigenvalue weighted by Crippen LogP contribution is 2.25. The molecule has 0 aromatic heterocycles. The van der Waals surface area contributed by atoms with Gasteiger partial charge < -0.3 is 10.2 Å². The molecule has 0 radical (unpaired) electrons. The first-order valence-electron chi connectivity index (χ1n) is 6.37. The van der Waals surface area contributed by atoms with E-state index in [-0.39, 0.29) is 18.1 Å². The number of nitrogens with one attached hydrogen (secondary N) is 1. The average molecular weight is 272 g/mol. The monoisotopic (exact) mass is 272 g/mol. The summed E-state index contributed by atoms with van der Waals surface area (Å²) in [7, 11) is 3.69. The first kappa shape index (κ1) is 14.1. The number of carbonyl (C=O) groups is 1. The Morgan fingerprint density at radius 2 is 1.85 bits per heavy atom. The van der Waals surface area contributed by atoms with Crippen molar-refractivity contribution in [1.82, 2.24) is 0 Å². The van der Waals surface area contributed by atoms with Gasteiger partial charge in [-0.3, -0.25) is 4.79 Å². The maximum atomic E-state index is 13.3. The minimum Gasteiger partial charge on any atom is -0.376 e. The van der Waals surface area contributed by atoms with Crippen molar-refractivity contribution in [1.29, 1.82) is 0 Å². The fourth-order valence-electron chi connectivity index (χ4n) is 1.97. The average Bonchev–Trinajstić information content (AvgIpc) is 2.39. The van der Waals surface area contributed by atoms with E-state index in [0.717, 1.165) is 11.3 Å². The molecule has 0 saturated heterocycles. The Bertz CT molecular complexity index is 597. The van der Waals surface area contributed by atoms with Crippen LogP contribution in [0.15, 0.2) is 48.5 Å². The second-order valence-corrected chi connectivity index (χ2v) is 4.77. The molecule has 1 N–H and O–H groups in total. The van der Waals surface area contributed by atoms with E-state index in [9.17, 15) is 9.18 Å². The van der Waals surface area contributed by atoms with Gasteiger partial charge in [-0.25, -0.2) is 4.39 Å². The number of benzene rings is 2. The Morgan fingerprint density at radius 3 is 2.50 bits per heavy atom. The molecule has 104 valence electrons. The van der Waals surface area contributed by atoms with Crippen LogP contribution >= 0.6 is 0 Å². The second-order valence-electron chi connectivity index (χ2n) is 4.77. The lowest BCUT2D eigenvalue weighted by molar-refractivity contribution is -0.115. The molecule has 0 atom stereocenters. The van der Waals surface area contributed by atoms with Crippen LogP contribution in [0.25, 0.3) is 0 Å². The first-order chi connectivity index (χ1) is 9.56. The van der Waals surface area contributed by atoms with Crippen molar-refractivity contribution in [3.05, 3.63) is 59.9 Å². The van der Waals surface area contributed by atoms with Crippen LogP contribution in [0.2, 0.25) is 0 Å². The molecule has 4 heteroatoms. The molecule has 0 fully saturated rings. The quantitative estimate of drug-likeness (QED) is 0.927. The molecular formula is C16H17FN2O. The molecule has 0 aliphatic rings. The Balaban J connectivity index is 2.13. The van der Waals surface area contributed by atoms with E-state index in [4.69, 9.17) is 0 Å². The molecule has 2 aromatic carbocycles. The summed E-state index contributed by atoms with van der Waals surface area (Å²) < 4.78 is 13.3. The molecular weight excluding hydrogens is 255 g/mol. The fraction of sp³-hybridized carbons (Fsp3) is 0.188. The van der Waals surface area contributed by atoms with E-state index >= 15 is 0 Å². The third-order valence-electron chi connectivity index (χ3n) is 2.92. The van der Waals surface area contributed by atoms with Crippen molar-refractivity contribution in [3.63, 3.8) is 0 Å². The normalized spacial score (nSPS) is 10.2. The lowest BCUT2D eigenvalue weighted by Crippen LogP contribution is -2.18. The summed E-state index contributed by atoms with van der Waals surface area (Å²) in [4.78, 5) is 13.8. The minimum absolute atomic E-state index is 0.162. The van der Waals surface area contributed by atoms with Gasteiger partial charge in [0.15, 0.2) is 0 Å². The largest absolute Gasteiger partial charge is 0.376 e. The summed E-state index contributed by atoms with van der Waals surface area (Å²) in [6.45, 7) is 0. The van der Waals surface area contributed by atoms with E-state index < -0.39 is 0 Å². The van der Waals surface area contributed by atoms with Crippen molar-refractivity contribution in [2.45, 2.75) is 6.42 Å². The topological polar surface area (TPSA) is 32.3 Å². The second kappa shape index (κ2) is 6.19. The molecule has 2 aromatic rings. The summed E-state index contributed by atoms with van der Waals surface area (Å²) in [5, 5.41) is 2.76. The van der Waals surface area contributed by atoms with E-state index in [0.29, 0.717) is 5.69 Å². The molecule has 0 bridgehead atoms. The molecule has 0 aliphatic heterocycles. The number of hydrogen-bond acceptors (Lipinski definition) is 2. The Hall–Kier alpha value is -2.36. The summed E-state index contributed by atoms with van der Waals surface area (Å²) in [6, 6.07) is 13.8. The van der Waals surface area contributed by atoms with Crippen LogP contribution in [0.4, 0.5) is 15.8 Å².